The fourth-order valence-electron chi connectivity index (χ4n) is 9.94. The third-order valence-corrected chi connectivity index (χ3v) is 13.0. The van der Waals surface area contributed by atoms with Crippen molar-refractivity contribution in [2.45, 2.75) is 91.1 Å². The zero-order chi connectivity index (χ0) is 46.9. The molecule has 1 heterocycles. The largest absolute Gasteiger partial charge is 0.673 e. The standard InChI is InChI=1S/C59H59N2.BF4/c1-38(2)52-33-46(50-31-19-27-42-21-15-17-29-48(42)50)34-53(39(3)4)58(52)60-37-61(57(45-25-13-10-14-26-45)56(60)44-23-11-9-12-24-44)59-54(40(5)6)35-47(36-55(59)41(7)8)51-32-20-28-43-22-16-18-30-49(43)51;2-1(3,4)5/h9-41,56-57H,1-8H3;/q+1;-1/t56-,57-;/m1./s1. The van der Waals surface area contributed by atoms with Crippen molar-refractivity contribution in [2.75, 3.05) is 4.90 Å². The van der Waals surface area contributed by atoms with Crippen molar-refractivity contribution in [3.8, 4) is 22.3 Å². The van der Waals surface area contributed by atoms with Crippen LogP contribution in [0.25, 0.3) is 43.8 Å². The molecule has 2 atom stereocenters. The predicted octanol–water partition coefficient (Wildman–Crippen LogP) is 17.8. The summed E-state index contributed by atoms with van der Waals surface area (Å²) in [7, 11) is -6.00. The summed E-state index contributed by atoms with van der Waals surface area (Å²) < 4.78 is 41.7. The van der Waals surface area contributed by atoms with Gasteiger partial charge in [0, 0.05) is 33.4 Å². The molecule has 0 unspecified atom stereocenters. The quantitative estimate of drug-likeness (QED) is 0.0753. The minimum atomic E-state index is -6.00. The summed E-state index contributed by atoms with van der Waals surface area (Å²) >= 11 is 0. The Morgan fingerprint density at radius 3 is 1.23 bits per heavy atom. The maximum absolute atomic E-state index is 9.75. The number of anilines is 1. The lowest BCUT2D eigenvalue weighted by Crippen LogP contribution is -2.28. The molecule has 0 N–H and O–H groups in total. The highest BCUT2D eigenvalue weighted by atomic mass is 19.5. The molecule has 9 rings (SSSR count). The molecule has 0 amide bonds. The molecule has 0 bridgehead atoms. The number of nitrogens with zero attached hydrogens (tertiary/aromatic N) is 2. The molecule has 1 aliphatic heterocycles. The molecule has 0 aromatic heterocycles. The molecule has 8 aromatic rings. The van der Waals surface area contributed by atoms with Crippen LogP contribution in [0.1, 0.15) is 125 Å². The highest BCUT2D eigenvalue weighted by Gasteiger charge is 2.48. The van der Waals surface area contributed by atoms with Crippen molar-refractivity contribution in [1.29, 1.82) is 0 Å². The fourth-order valence-corrected chi connectivity index (χ4v) is 9.94. The second kappa shape index (κ2) is 19.2. The molecule has 8 aromatic carbocycles. The average molecular weight is 883 g/mol. The van der Waals surface area contributed by atoms with Crippen LogP contribution in [-0.4, -0.2) is 18.2 Å². The van der Waals surface area contributed by atoms with E-state index in [2.05, 4.69) is 241 Å². The van der Waals surface area contributed by atoms with Crippen LogP contribution in [-0.2, 0) is 0 Å². The van der Waals surface area contributed by atoms with Gasteiger partial charge in [-0.05, 0) is 91.7 Å². The number of halogens is 4. The SMILES string of the molecule is CC(C)c1cc(-c2cccc3ccccc23)cc(C(C)C)c1N1C=[N+](c2c(C(C)C)cc(-c3cccc4ccccc34)cc2C(C)C)[C@H](c2ccccc2)[C@H]1c1ccccc1.F[B-](F)(F)F. The van der Waals surface area contributed by atoms with Crippen molar-refractivity contribution in [1.82, 2.24) is 0 Å². The van der Waals surface area contributed by atoms with Gasteiger partial charge in [-0.2, -0.15) is 0 Å². The van der Waals surface area contributed by atoms with Crippen molar-refractivity contribution in [2.24, 2.45) is 0 Å². The summed E-state index contributed by atoms with van der Waals surface area (Å²) in [5.41, 5.74) is 15.9. The summed E-state index contributed by atoms with van der Waals surface area (Å²) in [5, 5.41) is 5.13. The smallest absolute Gasteiger partial charge is 0.418 e. The normalized spacial score (nSPS) is 15.3. The van der Waals surface area contributed by atoms with Gasteiger partial charge in [0.15, 0.2) is 12.1 Å². The highest BCUT2D eigenvalue weighted by molar-refractivity contribution is 6.50. The average Bonchev–Trinajstić information content (AvgIpc) is 3.70. The number of rotatable bonds is 10. The Kier molecular flexibility index (Phi) is 13.4. The molecular formula is C59H59BF4N2. The first kappa shape index (κ1) is 46.1. The van der Waals surface area contributed by atoms with Crippen LogP contribution in [0, 0.1) is 0 Å². The first-order valence-electron chi connectivity index (χ1n) is 23.3. The number of benzene rings is 8. The van der Waals surface area contributed by atoms with E-state index in [0.717, 1.165) is 0 Å². The topological polar surface area (TPSA) is 6.25 Å². The Balaban J connectivity index is 0.00000112. The molecule has 2 nitrogen and oxygen atoms in total. The van der Waals surface area contributed by atoms with Gasteiger partial charge in [-0.15, -0.1) is 0 Å². The first-order chi connectivity index (χ1) is 31.6. The summed E-state index contributed by atoms with van der Waals surface area (Å²) in [6.07, 6.45) is 2.50. The van der Waals surface area contributed by atoms with E-state index in [1.165, 1.54) is 88.6 Å². The fraction of sp³-hybridized carbons (Fsp3) is 0.237. The van der Waals surface area contributed by atoms with Crippen molar-refractivity contribution in [3.05, 3.63) is 203 Å². The summed E-state index contributed by atoms with van der Waals surface area (Å²) in [5.74, 6) is 1.14. The minimum Gasteiger partial charge on any atom is -0.418 e. The van der Waals surface area contributed by atoms with Crippen LogP contribution >= 0.6 is 0 Å². The van der Waals surface area contributed by atoms with E-state index in [0.29, 0.717) is 0 Å². The maximum Gasteiger partial charge on any atom is 0.673 e. The number of hydrogen-bond acceptors (Lipinski definition) is 1. The van der Waals surface area contributed by atoms with Crippen LogP contribution < -0.4 is 4.90 Å². The van der Waals surface area contributed by atoms with Gasteiger partial charge in [-0.25, -0.2) is 9.48 Å². The molecule has 1 aliphatic rings. The second-order valence-corrected chi connectivity index (χ2v) is 18.8. The molecule has 7 heteroatoms. The van der Waals surface area contributed by atoms with Crippen molar-refractivity contribution >= 4 is 46.5 Å². The van der Waals surface area contributed by atoms with Gasteiger partial charge in [-0.1, -0.05) is 201 Å². The van der Waals surface area contributed by atoms with Crippen molar-refractivity contribution in [3.63, 3.8) is 0 Å². The highest BCUT2D eigenvalue weighted by Crippen LogP contribution is 2.52. The second-order valence-electron chi connectivity index (χ2n) is 18.8. The van der Waals surface area contributed by atoms with Gasteiger partial charge >= 0.3 is 7.25 Å². The zero-order valence-electron chi connectivity index (χ0n) is 39.2. The molecular weight excluding hydrogens is 823 g/mol. The Labute approximate surface area is 388 Å². The molecule has 0 fully saturated rings. The van der Waals surface area contributed by atoms with E-state index in [9.17, 15) is 17.3 Å². The van der Waals surface area contributed by atoms with Gasteiger partial charge in [-0.3, -0.25) is 0 Å². The first-order valence-corrected chi connectivity index (χ1v) is 23.3. The van der Waals surface area contributed by atoms with Crippen LogP contribution in [0.2, 0.25) is 0 Å². The summed E-state index contributed by atoms with van der Waals surface area (Å²) in [6.45, 7) is 19.0. The maximum atomic E-state index is 9.75. The summed E-state index contributed by atoms with van der Waals surface area (Å²) in [4.78, 5) is 2.68. The number of fused-ring (bicyclic) bond motifs is 2. The Morgan fingerprint density at radius 1 is 0.439 bits per heavy atom. The molecule has 66 heavy (non-hydrogen) atoms. The Bertz CT molecular complexity index is 2930. The Hall–Kier alpha value is -6.47. The van der Waals surface area contributed by atoms with E-state index in [1.807, 2.05) is 0 Å². The zero-order valence-corrected chi connectivity index (χ0v) is 39.2. The molecule has 0 radical (unpaired) electrons. The lowest BCUT2D eigenvalue weighted by atomic mass is 9.84. The van der Waals surface area contributed by atoms with Gasteiger partial charge in [0.2, 0.25) is 6.34 Å². The molecule has 0 aliphatic carbocycles. The molecule has 0 spiro atoms. The van der Waals surface area contributed by atoms with Crippen LogP contribution in [0.15, 0.2) is 170 Å². The van der Waals surface area contributed by atoms with E-state index < -0.39 is 7.25 Å². The monoisotopic (exact) mass is 882 g/mol. The van der Waals surface area contributed by atoms with Crippen LogP contribution in [0.3, 0.4) is 0 Å². The minimum absolute atomic E-state index is 0.000210. The van der Waals surface area contributed by atoms with E-state index in [4.69, 9.17) is 0 Å². The third-order valence-electron chi connectivity index (χ3n) is 13.0. The lowest BCUT2D eigenvalue weighted by Gasteiger charge is -2.29. The van der Waals surface area contributed by atoms with E-state index >= 15 is 0 Å². The van der Waals surface area contributed by atoms with Crippen LogP contribution in [0.4, 0.5) is 28.6 Å². The molecule has 0 saturated heterocycles. The van der Waals surface area contributed by atoms with E-state index in [-0.39, 0.29) is 35.8 Å². The predicted molar refractivity (Wildman–Crippen MR) is 272 cm³/mol. The number of hydrogen-bond donors (Lipinski definition) is 0. The molecule has 0 saturated carbocycles. The third kappa shape index (κ3) is 9.44. The van der Waals surface area contributed by atoms with Gasteiger partial charge in [0.1, 0.15) is 11.4 Å². The van der Waals surface area contributed by atoms with Gasteiger partial charge in [0.25, 0.3) is 0 Å². The van der Waals surface area contributed by atoms with Gasteiger partial charge < -0.3 is 17.3 Å². The Morgan fingerprint density at radius 2 is 0.803 bits per heavy atom. The van der Waals surface area contributed by atoms with E-state index in [1.54, 1.807) is 0 Å². The van der Waals surface area contributed by atoms with Crippen molar-refractivity contribution < 1.29 is 21.8 Å². The summed E-state index contributed by atoms with van der Waals surface area (Å²) in [6, 6.07) is 63.6. The molecule has 336 valence electrons. The lowest BCUT2D eigenvalue weighted by molar-refractivity contribution is -0.482. The van der Waals surface area contributed by atoms with Gasteiger partial charge in [0.05, 0.1) is 0 Å². The van der Waals surface area contributed by atoms with Crippen LogP contribution in [0.5, 0.6) is 0 Å².